The molecule has 2 fully saturated rings. The Labute approximate surface area is 125 Å². The average molecular weight is 286 g/mol. The Morgan fingerprint density at radius 1 is 1.24 bits per heavy atom. The summed E-state index contributed by atoms with van der Waals surface area (Å²) < 4.78 is 11.5. The fraction of sp³-hybridized carbons (Fsp3) is 0.588. The summed E-state index contributed by atoms with van der Waals surface area (Å²) in [4.78, 5) is 0. The van der Waals surface area contributed by atoms with Crippen molar-refractivity contribution >= 4 is 0 Å². The summed E-state index contributed by atoms with van der Waals surface area (Å²) >= 11 is 0. The van der Waals surface area contributed by atoms with Crippen molar-refractivity contribution in [1.29, 1.82) is 5.26 Å². The van der Waals surface area contributed by atoms with E-state index in [1.807, 2.05) is 18.2 Å². The van der Waals surface area contributed by atoms with Gasteiger partial charge >= 0.3 is 0 Å². The molecular weight excluding hydrogens is 264 g/mol. The molecule has 0 unspecified atom stereocenters. The average Bonchev–Trinajstić information content (AvgIpc) is 2.96. The first kappa shape index (κ1) is 14.2. The van der Waals surface area contributed by atoms with Crippen LogP contribution in [0.2, 0.25) is 0 Å². The first-order chi connectivity index (χ1) is 10.2. The summed E-state index contributed by atoms with van der Waals surface area (Å²) in [6.07, 6.45) is 6.37. The summed E-state index contributed by atoms with van der Waals surface area (Å²) in [6, 6.07) is 8.43. The number of hydrogen-bond acceptors (Lipinski definition) is 4. The van der Waals surface area contributed by atoms with Gasteiger partial charge in [0.25, 0.3) is 0 Å². The summed E-state index contributed by atoms with van der Waals surface area (Å²) in [7, 11) is 1.65. The first-order valence-corrected chi connectivity index (χ1v) is 7.69. The molecule has 0 saturated heterocycles. The van der Waals surface area contributed by atoms with E-state index < -0.39 is 5.41 Å². The first-order valence-electron chi connectivity index (χ1n) is 7.69. The fourth-order valence-corrected chi connectivity index (χ4v) is 3.48. The third kappa shape index (κ3) is 2.58. The molecule has 0 aromatic heterocycles. The molecule has 2 aliphatic carbocycles. The molecule has 3 rings (SSSR count). The zero-order valence-electron chi connectivity index (χ0n) is 12.5. The van der Waals surface area contributed by atoms with Crippen LogP contribution in [0.5, 0.6) is 11.5 Å². The number of benzene rings is 1. The topological polar surface area (TPSA) is 68.3 Å². The molecule has 4 nitrogen and oxygen atoms in total. The van der Waals surface area contributed by atoms with Crippen LogP contribution >= 0.6 is 0 Å². The minimum Gasteiger partial charge on any atom is -0.493 e. The van der Waals surface area contributed by atoms with Crippen molar-refractivity contribution in [3.8, 4) is 17.6 Å². The summed E-state index contributed by atoms with van der Waals surface area (Å²) in [6.45, 7) is 0. The van der Waals surface area contributed by atoms with Gasteiger partial charge < -0.3 is 15.2 Å². The van der Waals surface area contributed by atoms with Crippen LogP contribution in [0, 0.1) is 11.3 Å². The van der Waals surface area contributed by atoms with E-state index in [9.17, 15) is 5.26 Å². The van der Waals surface area contributed by atoms with Crippen molar-refractivity contribution in [3.63, 3.8) is 0 Å². The van der Waals surface area contributed by atoms with Gasteiger partial charge in [0.2, 0.25) is 0 Å². The highest BCUT2D eigenvalue weighted by atomic mass is 16.5. The van der Waals surface area contributed by atoms with Gasteiger partial charge in [-0.2, -0.15) is 5.26 Å². The smallest absolute Gasteiger partial charge is 0.161 e. The molecule has 21 heavy (non-hydrogen) atoms. The quantitative estimate of drug-likeness (QED) is 0.924. The highest BCUT2D eigenvalue weighted by Crippen LogP contribution is 2.45. The molecule has 0 heterocycles. The van der Waals surface area contributed by atoms with Crippen LogP contribution < -0.4 is 15.2 Å². The van der Waals surface area contributed by atoms with Gasteiger partial charge in [-0.15, -0.1) is 0 Å². The second kappa shape index (κ2) is 5.57. The van der Waals surface area contributed by atoms with Gasteiger partial charge in [0.15, 0.2) is 11.5 Å². The molecule has 0 atom stereocenters. The normalized spacial score (nSPS) is 28.7. The Bertz CT molecular complexity index is 552. The third-order valence-corrected chi connectivity index (χ3v) is 4.75. The Hall–Kier alpha value is -1.73. The van der Waals surface area contributed by atoms with Crippen molar-refractivity contribution in [1.82, 2.24) is 0 Å². The lowest BCUT2D eigenvalue weighted by Crippen LogP contribution is -2.48. The molecule has 1 aromatic carbocycles. The summed E-state index contributed by atoms with van der Waals surface area (Å²) in [5.41, 5.74) is 6.44. The minimum absolute atomic E-state index is 0.131. The molecule has 0 spiro atoms. The predicted molar refractivity (Wildman–Crippen MR) is 80.4 cm³/mol. The minimum atomic E-state index is -0.445. The Kier molecular flexibility index (Phi) is 3.77. The highest BCUT2D eigenvalue weighted by Gasteiger charge is 2.44. The van der Waals surface area contributed by atoms with Crippen LogP contribution in [0.3, 0.4) is 0 Å². The molecule has 2 saturated carbocycles. The molecule has 2 N–H and O–H groups in total. The fourth-order valence-electron chi connectivity index (χ4n) is 3.48. The lowest BCUT2D eigenvalue weighted by molar-refractivity contribution is 0.199. The van der Waals surface area contributed by atoms with Gasteiger partial charge in [0.1, 0.15) is 0 Å². The van der Waals surface area contributed by atoms with E-state index in [2.05, 4.69) is 6.07 Å². The van der Waals surface area contributed by atoms with E-state index in [1.54, 1.807) is 7.11 Å². The monoisotopic (exact) mass is 286 g/mol. The molecule has 0 amide bonds. The van der Waals surface area contributed by atoms with Crippen molar-refractivity contribution in [3.05, 3.63) is 23.8 Å². The maximum atomic E-state index is 9.53. The zero-order chi connectivity index (χ0) is 14.9. The lowest BCUT2D eigenvalue weighted by Gasteiger charge is -2.41. The molecule has 112 valence electrons. The number of nitriles is 1. The molecule has 2 aliphatic rings. The lowest BCUT2D eigenvalue weighted by atomic mass is 9.63. The Morgan fingerprint density at radius 3 is 2.52 bits per heavy atom. The number of hydrogen-bond donors (Lipinski definition) is 1. The number of methoxy groups -OCH3 is 1. The van der Waals surface area contributed by atoms with Crippen LogP contribution in [-0.4, -0.2) is 19.3 Å². The Morgan fingerprint density at radius 2 is 1.95 bits per heavy atom. The van der Waals surface area contributed by atoms with Gasteiger partial charge in [0, 0.05) is 6.04 Å². The van der Waals surface area contributed by atoms with Gasteiger partial charge in [0.05, 0.1) is 24.7 Å². The van der Waals surface area contributed by atoms with Crippen LogP contribution in [0.4, 0.5) is 0 Å². The maximum absolute atomic E-state index is 9.53. The second-order valence-corrected chi connectivity index (χ2v) is 6.25. The van der Waals surface area contributed by atoms with Crippen LogP contribution in [-0.2, 0) is 5.41 Å². The SMILES string of the molecule is COc1ccc(C2(C#N)CC(N)C2)cc1OC1CCCC1. The number of nitrogens with zero attached hydrogens (tertiary/aromatic N) is 1. The van der Waals surface area contributed by atoms with Gasteiger partial charge in [-0.25, -0.2) is 0 Å². The van der Waals surface area contributed by atoms with Gasteiger partial charge in [-0.05, 0) is 56.2 Å². The largest absolute Gasteiger partial charge is 0.493 e. The van der Waals surface area contributed by atoms with E-state index in [0.717, 1.165) is 42.7 Å². The van der Waals surface area contributed by atoms with Crippen LogP contribution in [0.25, 0.3) is 0 Å². The van der Waals surface area contributed by atoms with E-state index >= 15 is 0 Å². The standard InChI is InChI=1S/C17H22N2O2/c1-20-15-7-6-12(17(11-18)9-13(19)10-17)8-16(15)21-14-4-2-3-5-14/h6-8,13-14H,2-5,9-10,19H2,1H3. The van der Waals surface area contributed by atoms with Crippen LogP contribution in [0.15, 0.2) is 18.2 Å². The van der Waals surface area contributed by atoms with Gasteiger partial charge in [-0.3, -0.25) is 0 Å². The number of nitrogens with two attached hydrogens (primary N) is 1. The van der Waals surface area contributed by atoms with E-state index in [-0.39, 0.29) is 12.1 Å². The van der Waals surface area contributed by atoms with Gasteiger partial charge in [-0.1, -0.05) is 6.07 Å². The van der Waals surface area contributed by atoms with E-state index in [0.29, 0.717) is 0 Å². The van der Waals surface area contributed by atoms with Crippen molar-refractivity contribution in [2.45, 2.75) is 56.1 Å². The Balaban J connectivity index is 1.87. The highest BCUT2D eigenvalue weighted by molar-refractivity contribution is 5.48. The molecule has 0 aliphatic heterocycles. The molecule has 0 radical (unpaired) electrons. The second-order valence-electron chi connectivity index (χ2n) is 6.25. The van der Waals surface area contributed by atoms with Crippen molar-refractivity contribution in [2.75, 3.05) is 7.11 Å². The third-order valence-electron chi connectivity index (χ3n) is 4.75. The predicted octanol–water partition coefficient (Wildman–Crippen LogP) is 2.90. The number of rotatable bonds is 4. The zero-order valence-corrected chi connectivity index (χ0v) is 12.5. The number of ether oxygens (including phenoxy) is 2. The van der Waals surface area contributed by atoms with E-state index in [1.165, 1.54) is 12.8 Å². The van der Waals surface area contributed by atoms with Crippen LogP contribution in [0.1, 0.15) is 44.1 Å². The van der Waals surface area contributed by atoms with Crippen molar-refractivity contribution < 1.29 is 9.47 Å². The van der Waals surface area contributed by atoms with E-state index in [4.69, 9.17) is 15.2 Å². The molecule has 1 aromatic rings. The molecule has 0 bridgehead atoms. The summed E-state index contributed by atoms with van der Waals surface area (Å²) in [5, 5.41) is 9.53. The maximum Gasteiger partial charge on any atom is 0.161 e. The molecule has 4 heteroatoms. The van der Waals surface area contributed by atoms with Crippen molar-refractivity contribution in [2.24, 2.45) is 5.73 Å². The molecular formula is C17H22N2O2. The summed E-state index contributed by atoms with van der Waals surface area (Å²) in [5.74, 6) is 1.50.